The Morgan fingerprint density at radius 3 is 2.33 bits per heavy atom. The van der Waals surface area contributed by atoms with Crippen molar-refractivity contribution in [1.29, 1.82) is 0 Å². The van der Waals surface area contributed by atoms with Crippen LogP contribution < -0.4 is 0 Å². The molecule has 1 aromatic rings. The summed E-state index contributed by atoms with van der Waals surface area (Å²) in [7, 11) is 0. The van der Waals surface area contributed by atoms with Crippen LogP contribution in [0, 0.1) is 5.82 Å². The zero-order valence-corrected chi connectivity index (χ0v) is 9.28. The van der Waals surface area contributed by atoms with Crippen molar-refractivity contribution in [2.24, 2.45) is 0 Å². The van der Waals surface area contributed by atoms with Crippen molar-refractivity contribution in [1.82, 2.24) is 0 Å². The summed E-state index contributed by atoms with van der Waals surface area (Å²) in [4.78, 5) is 10.3. The van der Waals surface area contributed by atoms with E-state index in [9.17, 15) is 9.18 Å². The van der Waals surface area contributed by atoms with Crippen molar-refractivity contribution < 1.29 is 14.3 Å². The molecule has 0 heterocycles. The zero-order valence-electron chi connectivity index (χ0n) is 7.77. The average Bonchev–Trinajstić information content (AvgIpc) is 2.13. The molecule has 0 saturated heterocycles. The van der Waals surface area contributed by atoms with Crippen molar-refractivity contribution in [3.8, 4) is 0 Å². The summed E-state index contributed by atoms with van der Waals surface area (Å²) in [5.41, 5.74) is 0.743. The second kappa shape index (κ2) is 5.33. The Bertz CT molecular complexity index is 357. The standard InChI is InChI=1S/C10H9Cl2FO2/c11-7-4-6(2-1-3-9(14)15)5-8(12)10(7)13/h4-5H,1-3H2,(H,14,15). The van der Waals surface area contributed by atoms with Gasteiger partial charge in [0.1, 0.15) is 0 Å². The number of aryl methyl sites for hydroxylation is 1. The third kappa shape index (κ3) is 3.68. The summed E-state index contributed by atoms with van der Waals surface area (Å²) in [6, 6.07) is 2.93. The monoisotopic (exact) mass is 250 g/mol. The maximum absolute atomic E-state index is 13.0. The number of carbonyl (C=O) groups is 1. The van der Waals surface area contributed by atoms with E-state index in [4.69, 9.17) is 28.3 Å². The molecule has 0 fully saturated rings. The second-order valence-corrected chi connectivity index (χ2v) is 3.94. The van der Waals surface area contributed by atoms with Gasteiger partial charge in [0, 0.05) is 6.42 Å². The van der Waals surface area contributed by atoms with Gasteiger partial charge in [0.25, 0.3) is 0 Å². The lowest BCUT2D eigenvalue weighted by atomic mass is 10.1. The molecule has 5 heteroatoms. The largest absolute Gasteiger partial charge is 0.481 e. The van der Waals surface area contributed by atoms with Gasteiger partial charge in [0.05, 0.1) is 10.0 Å². The van der Waals surface area contributed by atoms with E-state index >= 15 is 0 Å². The molecule has 0 radical (unpaired) electrons. The fourth-order valence-electron chi connectivity index (χ4n) is 1.20. The molecule has 0 aromatic heterocycles. The van der Waals surface area contributed by atoms with E-state index in [2.05, 4.69) is 0 Å². The van der Waals surface area contributed by atoms with Crippen LogP contribution in [0.4, 0.5) is 4.39 Å². The van der Waals surface area contributed by atoms with Crippen molar-refractivity contribution >= 4 is 29.2 Å². The van der Waals surface area contributed by atoms with Gasteiger partial charge in [-0.2, -0.15) is 0 Å². The first-order chi connectivity index (χ1) is 7.00. The zero-order chi connectivity index (χ0) is 11.4. The lowest BCUT2D eigenvalue weighted by molar-refractivity contribution is -0.137. The van der Waals surface area contributed by atoms with Crippen molar-refractivity contribution in [2.75, 3.05) is 0 Å². The first kappa shape index (κ1) is 12.3. The normalized spacial score (nSPS) is 10.3. The smallest absolute Gasteiger partial charge is 0.303 e. The van der Waals surface area contributed by atoms with Crippen molar-refractivity contribution in [3.05, 3.63) is 33.6 Å². The quantitative estimate of drug-likeness (QED) is 0.831. The predicted molar refractivity (Wildman–Crippen MR) is 57.0 cm³/mol. The number of carboxylic acids is 1. The Morgan fingerprint density at radius 1 is 1.33 bits per heavy atom. The Hall–Kier alpha value is -0.800. The molecule has 0 atom stereocenters. The molecule has 0 aliphatic heterocycles. The molecule has 82 valence electrons. The summed E-state index contributed by atoms with van der Waals surface area (Å²) in [6.45, 7) is 0. The van der Waals surface area contributed by atoms with Crippen LogP contribution >= 0.6 is 23.2 Å². The third-order valence-electron chi connectivity index (χ3n) is 1.90. The molecule has 0 saturated carbocycles. The van der Waals surface area contributed by atoms with Gasteiger partial charge in [-0.3, -0.25) is 4.79 Å². The van der Waals surface area contributed by atoms with Gasteiger partial charge >= 0.3 is 5.97 Å². The number of carboxylic acid groups (broad SMARTS) is 1. The number of rotatable bonds is 4. The molecule has 1 N–H and O–H groups in total. The van der Waals surface area contributed by atoms with Crippen LogP contribution in [0.3, 0.4) is 0 Å². The predicted octanol–water partition coefficient (Wildman–Crippen LogP) is 3.54. The Labute approximate surface area is 96.6 Å². The van der Waals surface area contributed by atoms with E-state index in [1.807, 2.05) is 0 Å². The third-order valence-corrected chi connectivity index (χ3v) is 2.45. The minimum absolute atomic E-state index is 0.0344. The maximum atomic E-state index is 13.0. The molecule has 0 aliphatic rings. The molecular weight excluding hydrogens is 242 g/mol. The van der Waals surface area contributed by atoms with Gasteiger partial charge in [-0.1, -0.05) is 23.2 Å². The summed E-state index contributed by atoms with van der Waals surface area (Å²) in [5.74, 6) is -1.49. The summed E-state index contributed by atoms with van der Waals surface area (Å²) in [5, 5.41) is 8.36. The highest BCUT2D eigenvalue weighted by atomic mass is 35.5. The molecular formula is C10H9Cl2FO2. The Morgan fingerprint density at radius 2 is 1.87 bits per heavy atom. The van der Waals surface area contributed by atoms with Crippen LogP contribution in [0.5, 0.6) is 0 Å². The highest BCUT2D eigenvalue weighted by Gasteiger charge is 2.07. The van der Waals surface area contributed by atoms with E-state index in [1.54, 1.807) is 0 Å². The first-order valence-electron chi connectivity index (χ1n) is 4.36. The number of aliphatic carboxylic acids is 1. The van der Waals surface area contributed by atoms with Crippen molar-refractivity contribution in [3.63, 3.8) is 0 Å². The van der Waals surface area contributed by atoms with Gasteiger partial charge in [-0.25, -0.2) is 4.39 Å². The minimum atomic E-state index is -0.852. The van der Waals surface area contributed by atoms with Crippen molar-refractivity contribution in [2.45, 2.75) is 19.3 Å². The molecule has 1 aromatic carbocycles. The Balaban J connectivity index is 2.66. The highest BCUT2D eigenvalue weighted by Crippen LogP contribution is 2.25. The summed E-state index contributed by atoms with van der Waals surface area (Å²) in [6.07, 6.45) is 1.08. The second-order valence-electron chi connectivity index (χ2n) is 3.12. The van der Waals surface area contributed by atoms with Gasteiger partial charge in [0.2, 0.25) is 0 Å². The van der Waals surface area contributed by atoms with E-state index in [1.165, 1.54) is 12.1 Å². The van der Waals surface area contributed by atoms with Gasteiger partial charge in [0.15, 0.2) is 5.82 Å². The van der Waals surface area contributed by atoms with Crippen LogP contribution in [0.2, 0.25) is 10.0 Å². The molecule has 15 heavy (non-hydrogen) atoms. The fraction of sp³-hybridized carbons (Fsp3) is 0.300. The van der Waals surface area contributed by atoms with E-state index in [0.717, 1.165) is 5.56 Å². The molecule has 2 nitrogen and oxygen atoms in total. The average molecular weight is 251 g/mol. The lowest BCUT2D eigenvalue weighted by Gasteiger charge is -2.03. The molecule has 0 bridgehead atoms. The van der Waals surface area contributed by atoms with Crippen LogP contribution in [0.15, 0.2) is 12.1 Å². The van der Waals surface area contributed by atoms with Gasteiger partial charge in [-0.05, 0) is 30.5 Å². The van der Waals surface area contributed by atoms with E-state index in [-0.39, 0.29) is 16.5 Å². The minimum Gasteiger partial charge on any atom is -0.481 e. The van der Waals surface area contributed by atoms with Gasteiger partial charge in [-0.15, -0.1) is 0 Å². The van der Waals surface area contributed by atoms with E-state index in [0.29, 0.717) is 12.8 Å². The number of hydrogen-bond acceptors (Lipinski definition) is 1. The molecule has 1 rings (SSSR count). The van der Waals surface area contributed by atoms with E-state index < -0.39 is 11.8 Å². The summed E-state index contributed by atoms with van der Waals surface area (Å²) < 4.78 is 13.0. The summed E-state index contributed by atoms with van der Waals surface area (Å²) >= 11 is 11.2. The van der Waals surface area contributed by atoms with Crippen LogP contribution in [0.25, 0.3) is 0 Å². The van der Waals surface area contributed by atoms with Gasteiger partial charge < -0.3 is 5.11 Å². The SMILES string of the molecule is O=C(O)CCCc1cc(Cl)c(F)c(Cl)c1. The molecule has 0 amide bonds. The number of halogens is 3. The van der Waals surface area contributed by atoms with Crippen LogP contribution in [0.1, 0.15) is 18.4 Å². The fourth-order valence-corrected chi connectivity index (χ4v) is 1.73. The number of benzene rings is 1. The maximum Gasteiger partial charge on any atom is 0.303 e. The topological polar surface area (TPSA) is 37.3 Å². The molecule has 0 aliphatic carbocycles. The Kier molecular flexibility index (Phi) is 4.36. The van der Waals surface area contributed by atoms with Crippen LogP contribution in [-0.4, -0.2) is 11.1 Å². The highest BCUT2D eigenvalue weighted by molar-refractivity contribution is 6.34. The molecule has 0 spiro atoms. The molecule has 0 unspecified atom stereocenters. The number of hydrogen-bond donors (Lipinski definition) is 1. The van der Waals surface area contributed by atoms with Crippen LogP contribution in [-0.2, 0) is 11.2 Å². The first-order valence-corrected chi connectivity index (χ1v) is 5.11. The lowest BCUT2D eigenvalue weighted by Crippen LogP contribution is -1.96.